The van der Waals surface area contributed by atoms with E-state index in [2.05, 4.69) is 26.5 Å². The van der Waals surface area contributed by atoms with Gasteiger partial charge in [-0.25, -0.2) is 5.43 Å². The molecular formula is C19H19BrN2O2. The van der Waals surface area contributed by atoms with Crippen LogP contribution < -0.4 is 10.2 Å². The van der Waals surface area contributed by atoms with Crippen LogP contribution in [-0.2, 0) is 4.79 Å². The van der Waals surface area contributed by atoms with Gasteiger partial charge in [0.15, 0.2) is 6.61 Å². The summed E-state index contributed by atoms with van der Waals surface area (Å²) in [6.07, 6.45) is 3.44. The van der Waals surface area contributed by atoms with E-state index in [1.54, 1.807) is 0 Å². The Morgan fingerprint density at radius 2 is 1.79 bits per heavy atom. The molecule has 0 bridgehead atoms. The molecule has 0 atom stereocenters. The first-order valence-corrected chi connectivity index (χ1v) is 8.28. The highest BCUT2D eigenvalue weighted by molar-refractivity contribution is 9.12. The number of carbonyl (C=O) groups excluding carboxylic acids is 1. The molecule has 0 radical (unpaired) electrons. The number of hydrazone groups is 1. The van der Waals surface area contributed by atoms with Crippen LogP contribution in [0.15, 0.2) is 58.1 Å². The van der Waals surface area contributed by atoms with E-state index in [0.717, 1.165) is 26.9 Å². The van der Waals surface area contributed by atoms with Gasteiger partial charge in [-0.1, -0.05) is 48.5 Å². The molecule has 1 amide bonds. The van der Waals surface area contributed by atoms with Crippen molar-refractivity contribution in [3.05, 3.63) is 69.7 Å². The fourth-order valence-corrected chi connectivity index (χ4v) is 2.48. The number of benzene rings is 2. The van der Waals surface area contributed by atoms with Gasteiger partial charge in [-0.2, -0.15) is 5.10 Å². The molecule has 2 aromatic carbocycles. The molecule has 24 heavy (non-hydrogen) atoms. The van der Waals surface area contributed by atoms with Crippen molar-refractivity contribution >= 4 is 34.1 Å². The Labute approximate surface area is 150 Å². The zero-order valence-corrected chi connectivity index (χ0v) is 15.2. The lowest BCUT2D eigenvalue weighted by Crippen LogP contribution is -2.24. The first-order chi connectivity index (χ1) is 11.6. The minimum atomic E-state index is -0.311. The van der Waals surface area contributed by atoms with Crippen LogP contribution in [0.1, 0.15) is 16.7 Å². The summed E-state index contributed by atoms with van der Waals surface area (Å²) in [6, 6.07) is 15.7. The second-order valence-electron chi connectivity index (χ2n) is 5.24. The maximum Gasteiger partial charge on any atom is 0.277 e. The molecule has 2 aromatic rings. The molecule has 0 aromatic heterocycles. The van der Waals surface area contributed by atoms with Crippen molar-refractivity contribution in [3.63, 3.8) is 0 Å². The van der Waals surface area contributed by atoms with Gasteiger partial charge in [0, 0.05) is 4.48 Å². The van der Waals surface area contributed by atoms with Crippen LogP contribution in [0.25, 0.3) is 6.08 Å². The molecule has 5 heteroatoms. The number of nitrogens with one attached hydrogen (secondary N) is 1. The molecule has 0 spiro atoms. The monoisotopic (exact) mass is 386 g/mol. The van der Waals surface area contributed by atoms with Crippen molar-refractivity contribution < 1.29 is 9.53 Å². The van der Waals surface area contributed by atoms with E-state index < -0.39 is 0 Å². The van der Waals surface area contributed by atoms with Crippen LogP contribution in [-0.4, -0.2) is 18.7 Å². The van der Waals surface area contributed by atoms with Gasteiger partial charge in [-0.15, -0.1) is 0 Å². The van der Waals surface area contributed by atoms with Crippen molar-refractivity contribution in [3.8, 4) is 5.75 Å². The normalized spacial score (nSPS) is 11.5. The molecule has 0 aliphatic heterocycles. The molecule has 4 nitrogen and oxygen atoms in total. The minimum absolute atomic E-state index is 0.0803. The Morgan fingerprint density at radius 3 is 2.46 bits per heavy atom. The fourth-order valence-electron chi connectivity index (χ4n) is 2.11. The summed E-state index contributed by atoms with van der Waals surface area (Å²) in [5, 5.41) is 3.90. The van der Waals surface area contributed by atoms with Crippen molar-refractivity contribution in [2.45, 2.75) is 13.8 Å². The summed E-state index contributed by atoms with van der Waals surface area (Å²) < 4.78 is 6.32. The quantitative estimate of drug-likeness (QED) is 0.596. The van der Waals surface area contributed by atoms with Crippen molar-refractivity contribution in [1.29, 1.82) is 0 Å². The molecule has 0 heterocycles. The second kappa shape index (κ2) is 9.03. The maximum atomic E-state index is 11.8. The number of rotatable bonds is 6. The topological polar surface area (TPSA) is 50.7 Å². The molecule has 0 saturated heterocycles. The summed E-state index contributed by atoms with van der Waals surface area (Å²) in [5.74, 6) is 0.427. The average molecular weight is 387 g/mol. The van der Waals surface area contributed by atoms with Gasteiger partial charge < -0.3 is 4.74 Å². The summed E-state index contributed by atoms with van der Waals surface area (Å²) in [6.45, 7) is 3.82. The lowest BCUT2D eigenvalue weighted by molar-refractivity contribution is -0.123. The highest BCUT2D eigenvalue weighted by atomic mass is 79.9. The van der Waals surface area contributed by atoms with Gasteiger partial charge in [0.2, 0.25) is 0 Å². The summed E-state index contributed by atoms with van der Waals surface area (Å²) in [7, 11) is 0. The average Bonchev–Trinajstić information content (AvgIpc) is 2.55. The predicted octanol–water partition coefficient (Wildman–Crippen LogP) is 4.22. The third kappa shape index (κ3) is 5.66. The molecule has 0 aliphatic rings. The first kappa shape index (κ1) is 17.9. The molecule has 1 N–H and O–H groups in total. The summed E-state index contributed by atoms with van der Waals surface area (Å²) in [4.78, 5) is 11.8. The third-order valence-electron chi connectivity index (χ3n) is 3.24. The van der Waals surface area contributed by atoms with Gasteiger partial charge in [-0.05, 0) is 52.5 Å². The SMILES string of the molecule is Cc1cccc(C)c1OCC(=O)N/N=C/C(Br)=C/c1ccccc1. The lowest BCUT2D eigenvalue weighted by Gasteiger charge is -2.10. The summed E-state index contributed by atoms with van der Waals surface area (Å²) >= 11 is 3.39. The van der Waals surface area contributed by atoms with Crippen LogP contribution in [0.2, 0.25) is 0 Å². The highest BCUT2D eigenvalue weighted by Gasteiger charge is 2.06. The smallest absolute Gasteiger partial charge is 0.277 e. The molecule has 0 unspecified atom stereocenters. The van der Waals surface area contributed by atoms with Gasteiger partial charge in [-0.3, -0.25) is 4.79 Å². The van der Waals surface area contributed by atoms with Crippen LogP contribution in [0.3, 0.4) is 0 Å². The van der Waals surface area contributed by atoms with Crippen molar-refractivity contribution in [1.82, 2.24) is 5.43 Å². The Bertz CT molecular complexity index is 735. The maximum absolute atomic E-state index is 11.8. The number of aryl methyl sites for hydroxylation is 2. The van der Waals surface area contributed by atoms with E-state index in [1.165, 1.54) is 6.21 Å². The van der Waals surface area contributed by atoms with Crippen molar-refractivity contribution in [2.75, 3.05) is 6.61 Å². The van der Waals surface area contributed by atoms with Crippen molar-refractivity contribution in [2.24, 2.45) is 5.10 Å². The minimum Gasteiger partial charge on any atom is -0.483 e. The molecule has 2 rings (SSSR count). The van der Waals surface area contributed by atoms with E-state index >= 15 is 0 Å². The van der Waals surface area contributed by atoms with Crippen LogP contribution >= 0.6 is 15.9 Å². The molecule has 0 saturated carbocycles. The number of halogens is 1. The third-order valence-corrected chi connectivity index (χ3v) is 3.67. The number of allylic oxidation sites excluding steroid dienone is 1. The summed E-state index contributed by atoms with van der Waals surface area (Å²) in [5.41, 5.74) is 5.49. The predicted molar refractivity (Wildman–Crippen MR) is 101 cm³/mol. The van der Waals surface area contributed by atoms with E-state index in [0.29, 0.717) is 0 Å². The molecule has 0 fully saturated rings. The van der Waals surface area contributed by atoms with Gasteiger partial charge >= 0.3 is 0 Å². The van der Waals surface area contributed by atoms with Gasteiger partial charge in [0.25, 0.3) is 5.91 Å². The van der Waals surface area contributed by atoms with Crippen LogP contribution in [0.5, 0.6) is 5.75 Å². The Hall–Kier alpha value is -2.40. The zero-order valence-electron chi connectivity index (χ0n) is 13.6. The first-order valence-electron chi connectivity index (χ1n) is 7.49. The second-order valence-corrected chi connectivity index (χ2v) is 6.16. The standard InChI is InChI=1S/C19H19BrN2O2/c1-14-7-6-8-15(2)19(14)24-13-18(23)22-21-12-17(20)11-16-9-4-3-5-10-16/h3-12H,13H2,1-2H3,(H,22,23)/b17-11-,21-12+. The fraction of sp³-hybridized carbons (Fsp3) is 0.158. The van der Waals surface area contributed by atoms with Crippen LogP contribution in [0, 0.1) is 13.8 Å². The zero-order chi connectivity index (χ0) is 17.4. The Kier molecular flexibility index (Phi) is 6.75. The highest BCUT2D eigenvalue weighted by Crippen LogP contribution is 2.21. The number of amides is 1. The van der Waals surface area contributed by atoms with E-state index in [1.807, 2.05) is 68.5 Å². The Morgan fingerprint density at radius 1 is 1.12 bits per heavy atom. The van der Waals surface area contributed by atoms with Crippen LogP contribution in [0.4, 0.5) is 0 Å². The van der Waals surface area contributed by atoms with Gasteiger partial charge in [0.1, 0.15) is 5.75 Å². The lowest BCUT2D eigenvalue weighted by atomic mass is 10.1. The molecule has 124 valence electrons. The Balaban J connectivity index is 1.84. The number of carbonyl (C=O) groups is 1. The molecular weight excluding hydrogens is 368 g/mol. The molecule has 0 aliphatic carbocycles. The number of para-hydroxylation sites is 1. The largest absolute Gasteiger partial charge is 0.483 e. The number of hydrogen-bond donors (Lipinski definition) is 1. The number of hydrogen-bond acceptors (Lipinski definition) is 3. The number of ether oxygens (including phenoxy) is 1. The van der Waals surface area contributed by atoms with Gasteiger partial charge in [0.05, 0.1) is 6.21 Å². The van der Waals surface area contributed by atoms with E-state index in [-0.39, 0.29) is 12.5 Å². The number of nitrogens with zero attached hydrogens (tertiary/aromatic N) is 1. The van der Waals surface area contributed by atoms with E-state index in [9.17, 15) is 4.79 Å². The van der Waals surface area contributed by atoms with E-state index in [4.69, 9.17) is 4.74 Å².